The van der Waals surface area contributed by atoms with Crippen LogP contribution in [0, 0.1) is 23.0 Å². The summed E-state index contributed by atoms with van der Waals surface area (Å²) in [5.41, 5.74) is 2.07. The van der Waals surface area contributed by atoms with E-state index in [0.29, 0.717) is 12.0 Å². The van der Waals surface area contributed by atoms with Crippen molar-refractivity contribution in [1.82, 2.24) is 4.90 Å². The Balaban J connectivity index is 2.08. The second-order valence-electron chi connectivity index (χ2n) is 5.85. The fourth-order valence-corrected chi connectivity index (χ4v) is 2.86. The summed E-state index contributed by atoms with van der Waals surface area (Å²) >= 11 is 0. The van der Waals surface area contributed by atoms with E-state index in [4.69, 9.17) is 0 Å². The van der Waals surface area contributed by atoms with Gasteiger partial charge in [0.25, 0.3) is 5.69 Å². The Bertz CT molecular complexity index is 490. The van der Waals surface area contributed by atoms with Crippen LogP contribution in [-0.2, 0) is 0 Å². The first kappa shape index (κ1) is 14.8. The molecule has 1 aliphatic rings. The van der Waals surface area contributed by atoms with Crippen LogP contribution in [-0.4, -0.2) is 36.0 Å². The van der Waals surface area contributed by atoms with Crippen molar-refractivity contribution in [2.75, 3.05) is 25.5 Å². The molecular formula is C15H23N3O2. The van der Waals surface area contributed by atoms with Crippen molar-refractivity contribution < 1.29 is 4.92 Å². The molecule has 0 amide bonds. The van der Waals surface area contributed by atoms with Crippen LogP contribution in [0.5, 0.6) is 0 Å². The second-order valence-corrected chi connectivity index (χ2v) is 5.85. The summed E-state index contributed by atoms with van der Waals surface area (Å²) in [5.74, 6) is 0.590. The predicted octanol–water partition coefficient (Wildman–Crippen LogP) is 3.05. The summed E-state index contributed by atoms with van der Waals surface area (Å²) in [7, 11) is 2.15. The average Bonchev–Trinajstić information content (AvgIpc) is 2.41. The number of nitro groups is 1. The minimum absolute atomic E-state index is 0.145. The molecule has 0 saturated carbocycles. The predicted molar refractivity (Wildman–Crippen MR) is 81.1 cm³/mol. The van der Waals surface area contributed by atoms with Gasteiger partial charge in [0.05, 0.1) is 4.92 Å². The number of piperidine rings is 1. The van der Waals surface area contributed by atoms with Gasteiger partial charge >= 0.3 is 0 Å². The van der Waals surface area contributed by atoms with Gasteiger partial charge in [-0.1, -0.05) is 6.07 Å². The minimum atomic E-state index is -0.344. The SMILES string of the molecule is Cc1ccc([N+](=O)[O-])cc1NC(C)C1CCCN(C)C1. The van der Waals surface area contributed by atoms with Crippen molar-refractivity contribution in [3.8, 4) is 0 Å². The highest BCUT2D eigenvalue weighted by Crippen LogP contribution is 2.26. The van der Waals surface area contributed by atoms with Crippen molar-refractivity contribution in [1.29, 1.82) is 0 Å². The van der Waals surface area contributed by atoms with Gasteiger partial charge in [0.2, 0.25) is 0 Å². The van der Waals surface area contributed by atoms with Gasteiger partial charge in [-0.05, 0) is 51.8 Å². The summed E-state index contributed by atoms with van der Waals surface area (Å²) < 4.78 is 0. The monoisotopic (exact) mass is 277 g/mol. The molecule has 0 radical (unpaired) electrons. The number of nitrogens with one attached hydrogen (secondary N) is 1. The highest BCUT2D eigenvalue weighted by molar-refractivity contribution is 5.57. The Morgan fingerprint density at radius 3 is 2.90 bits per heavy atom. The fourth-order valence-electron chi connectivity index (χ4n) is 2.86. The number of likely N-dealkylation sites (tertiary alicyclic amines) is 1. The third-order valence-electron chi connectivity index (χ3n) is 4.18. The lowest BCUT2D eigenvalue weighted by Crippen LogP contribution is -2.39. The number of hydrogen-bond acceptors (Lipinski definition) is 4. The summed E-state index contributed by atoms with van der Waals surface area (Å²) in [4.78, 5) is 12.9. The van der Waals surface area contributed by atoms with Crippen LogP contribution in [0.25, 0.3) is 0 Å². The molecule has 2 rings (SSSR count). The Morgan fingerprint density at radius 2 is 2.25 bits per heavy atom. The molecule has 0 spiro atoms. The van der Waals surface area contributed by atoms with Crippen LogP contribution in [0.15, 0.2) is 18.2 Å². The Kier molecular flexibility index (Phi) is 4.60. The minimum Gasteiger partial charge on any atom is -0.382 e. The van der Waals surface area contributed by atoms with E-state index < -0.39 is 0 Å². The maximum atomic E-state index is 10.9. The molecule has 0 bridgehead atoms. The van der Waals surface area contributed by atoms with Gasteiger partial charge in [0.15, 0.2) is 0 Å². The van der Waals surface area contributed by atoms with Gasteiger partial charge in [-0.15, -0.1) is 0 Å². The van der Waals surface area contributed by atoms with E-state index in [1.54, 1.807) is 18.2 Å². The fraction of sp³-hybridized carbons (Fsp3) is 0.600. The third-order valence-corrected chi connectivity index (χ3v) is 4.18. The largest absolute Gasteiger partial charge is 0.382 e. The van der Waals surface area contributed by atoms with E-state index in [1.165, 1.54) is 19.4 Å². The van der Waals surface area contributed by atoms with Crippen molar-refractivity contribution in [2.45, 2.75) is 32.7 Å². The Labute approximate surface area is 120 Å². The molecule has 1 saturated heterocycles. The lowest BCUT2D eigenvalue weighted by Gasteiger charge is -2.34. The molecule has 2 unspecified atom stereocenters. The first-order chi connectivity index (χ1) is 9.47. The van der Waals surface area contributed by atoms with Gasteiger partial charge in [0.1, 0.15) is 0 Å². The quantitative estimate of drug-likeness (QED) is 0.679. The van der Waals surface area contributed by atoms with Crippen LogP contribution in [0.1, 0.15) is 25.3 Å². The molecule has 1 aliphatic heterocycles. The smallest absolute Gasteiger partial charge is 0.271 e. The number of benzene rings is 1. The number of nitrogens with zero attached hydrogens (tertiary/aromatic N) is 2. The first-order valence-corrected chi connectivity index (χ1v) is 7.17. The van der Waals surface area contributed by atoms with Gasteiger partial charge in [-0.3, -0.25) is 10.1 Å². The zero-order valence-electron chi connectivity index (χ0n) is 12.4. The molecule has 1 N–H and O–H groups in total. The molecule has 110 valence electrons. The number of hydrogen-bond donors (Lipinski definition) is 1. The number of rotatable bonds is 4. The second kappa shape index (κ2) is 6.22. The molecule has 1 heterocycles. The number of aryl methyl sites for hydroxylation is 1. The number of anilines is 1. The summed E-state index contributed by atoms with van der Waals surface area (Å²) in [6, 6.07) is 5.32. The maximum absolute atomic E-state index is 10.9. The van der Waals surface area contributed by atoms with Crippen molar-refractivity contribution in [2.24, 2.45) is 5.92 Å². The van der Waals surface area contributed by atoms with E-state index in [1.807, 2.05) is 6.92 Å². The van der Waals surface area contributed by atoms with Gasteiger partial charge in [0, 0.05) is 30.4 Å². The number of non-ortho nitro benzene ring substituents is 1. The van der Waals surface area contributed by atoms with Gasteiger partial charge in [-0.25, -0.2) is 0 Å². The molecule has 1 aromatic rings. The molecule has 1 fully saturated rings. The van der Waals surface area contributed by atoms with Gasteiger partial charge < -0.3 is 10.2 Å². The average molecular weight is 277 g/mol. The molecular weight excluding hydrogens is 254 g/mol. The number of nitro benzene ring substituents is 1. The standard InChI is InChI=1S/C15H23N3O2/c1-11-6-7-14(18(19)20)9-15(11)16-12(2)13-5-4-8-17(3)10-13/h6-7,9,12-13,16H,4-5,8,10H2,1-3H3. The highest BCUT2D eigenvalue weighted by Gasteiger charge is 2.23. The molecule has 20 heavy (non-hydrogen) atoms. The topological polar surface area (TPSA) is 58.4 Å². The maximum Gasteiger partial charge on any atom is 0.271 e. The molecule has 2 atom stereocenters. The van der Waals surface area contributed by atoms with Crippen molar-refractivity contribution in [3.05, 3.63) is 33.9 Å². The van der Waals surface area contributed by atoms with E-state index >= 15 is 0 Å². The van der Waals surface area contributed by atoms with Crippen LogP contribution in [0.3, 0.4) is 0 Å². The first-order valence-electron chi connectivity index (χ1n) is 7.17. The van der Waals surface area contributed by atoms with E-state index in [2.05, 4.69) is 24.2 Å². The molecule has 0 aromatic heterocycles. The Hall–Kier alpha value is -1.62. The van der Waals surface area contributed by atoms with E-state index in [0.717, 1.165) is 17.8 Å². The Morgan fingerprint density at radius 1 is 1.50 bits per heavy atom. The third kappa shape index (κ3) is 3.48. The zero-order chi connectivity index (χ0) is 14.7. The lowest BCUT2D eigenvalue weighted by molar-refractivity contribution is -0.384. The molecule has 5 heteroatoms. The highest BCUT2D eigenvalue weighted by atomic mass is 16.6. The van der Waals surface area contributed by atoms with Crippen molar-refractivity contribution >= 4 is 11.4 Å². The van der Waals surface area contributed by atoms with Crippen LogP contribution >= 0.6 is 0 Å². The van der Waals surface area contributed by atoms with Crippen LogP contribution < -0.4 is 5.32 Å². The van der Waals surface area contributed by atoms with Crippen LogP contribution in [0.2, 0.25) is 0 Å². The van der Waals surface area contributed by atoms with Crippen LogP contribution in [0.4, 0.5) is 11.4 Å². The molecule has 1 aromatic carbocycles. The lowest BCUT2D eigenvalue weighted by atomic mass is 9.91. The zero-order valence-corrected chi connectivity index (χ0v) is 12.4. The van der Waals surface area contributed by atoms with Gasteiger partial charge in [-0.2, -0.15) is 0 Å². The molecule has 0 aliphatic carbocycles. The van der Waals surface area contributed by atoms with E-state index in [9.17, 15) is 10.1 Å². The van der Waals surface area contributed by atoms with E-state index in [-0.39, 0.29) is 10.6 Å². The summed E-state index contributed by atoms with van der Waals surface area (Å²) in [6.45, 7) is 6.40. The van der Waals surface area contributed by atoms with Crippen molar-refractivity contribution in [3.63, 3.8) is 0 Å². The summed E-state index contributed by atoms with van der Waals surface area (Å²) in [5, 5.41) is 14.3. The molecule has 5 nitrogen and oxygen atoms in total. The summed E-state index contributed by atoms with van der Waals surface area (Å²) in [6.07, 6.45) is 2.44. The normalized spacial score (nSPS) is 21.4.